The second kappa shape index (κ2) is 9.76. The average molecular weight is 450 g/mol. The van der Waals surface area contributed by atoms with Crippen molar-refractivity contribution in [3.05, 3.63) is 53.3 Å². The SMILES string of the molecule is Cc1cnc(Nc2nnc(C(=O)Nc3ccc([C@H]4CC[C@H](CC(=O)O)CC4)cc3)o2)c(C)n1. The molecule has 4 rings (SSSR count). The smallest absolute Gasteiger partial charge is 0.321 e. The van der Waals surface area contributed by atoms with Crippen molar-refractivity contribution in [2.24, 2.45) is 5.92 Å². The van der Waals surface area contributed by atoms with E-state index in [0.717, 1.165) is 31.4 Å². The predicted octanol–water partition coefficient (Wildman–Crippen LogP) is 4.22. The third kappa shape index (κ3) is 5.71. The molecule has 0 atom stereocenters. The van der Waals surface area contributed by atoms with Crippen molar-refractivity contribution in [2.75, 3.05) is 10.6 Å². The van der Waals surface area contributed by atoms with Crippen LogP contribution >= 0.6 is 0 Å². The highest BCUT2D eigenvalue weighted by molar-refractivity contribution is 6.00. The maximum atomic E-state index is 12.5. The van der Waals surface area contributed by atoms with E-state index in [-0.39, 0.29) is 24.2 Å². The van der Waals surface area contributed by atoms with Crippen LogP contribution in [0.15, 0.2) is 34.9 Å². The number of carbonyl (C=O) groups excluding carboxylic acids is 1. The van der Waals surface area contributed by atoms with E-state index in [9.17, 15) is 9.59 Å². The summed E-state index contributed by atoms with van der Waals surface area (Å²) in [5.74, 6) is -0.239. The van der Waals surface area contributed by atoms with Crippen molar-refractivity contribution < 1.29 is 19.1 Å². The van der Waals surface area contributed by atoms with Crippen LogP contribution in [0, 0.1) is 19.8 Å². The van der Waals surface area contributed by atoms with Gasteiger partial charge in [-0.25, -0.2) is 4.98 Å². The number of nitrogens with one attached hydrogen (secondary N) is 2. The van der Waals surface area contributed by atoms with Gasteiger partial charge in [0, 0.05) is 12.1 Å². The number of aliphatic carboxylic acids is 1. The Labute approximate surface area is 190 Å². The zero-order valence-electron chi connectivity index (χ0n) is 18.5. The standard InChI is InChI=1S/C23H26N6O4/c1-13-12-24-20(14(2)25-13)27-23-29-28-22(33-23)21(32)26-18-9-7-17(8-10-18)16-5-3-15(4-6-16)11-19(30)31/h7-10,12,15-16H,3-6,11H2,1-2H3,(H,26,32)(H,30,31)(H,24,27,29)/t15-,16-. The summed E-state index contributed by atoms with van der Waals surface area (Å²) in [6.07, 6.45) is 5.68. The lowest BCUT2D eigenvalue weighted by Gasteiger charge is -2.28. The van der Waals surface area contributed by atoms with Gasteiger partial charge in [-0.2, -0.15) is 0 Å². The first-order valence-electron chi connectivity index (χ1n) is 10.9. The Kier molecular flexibility index (Phi) is 6.62. The molecule has 0 unspecified atom stereocenters. The number of rotatable bonds is 7. The van der Waals surface area contributed by atoms with Crippen LogP contribution in [0.5, 0.6) is 0 Å². The van der Waals surface area contributed by atoms with Gasteiger partial charge in [-0.15, -0.1) is 5.10 Å². The van der Waals surface area contributed by atoms with Crippen LogP contribution in [0.25, 0.3) is 0 Å². The quantitative estimate of drug-likeness (QED) is 0.482. The summed E-state index contributed by atoms with van der Waals surface area (Å²) in [4.78, 5) is 31.9. The van der Waals surface area contributed by atoms with Crippen LogP contribution in [-0.2, 0) is 4.79 Å². The largest absolute Gasteiger partial charge is 0.481 e. The fourth-order valence-electron chi connectivity index (χ4n) is 4.16. The molecule has 0 radical (unpaired) electrons. The van der Waals surface area contributed by atoms with E-state index >= 15 is 0 Å². The van der Waals surface area contributed by atoms with Crippen LogP contribution < -0.4 is 10.6 Å². The Morgan fingerprint density at radius 2 is 1.82 bits per heavy atom. The van der Waals surface area contributed by atoms with Crippen molar-refractivity contribution >= 4 is 29.4 Å². The van der Waals surface area contributed by atoms with Gasteiger partial charge in [-0.05, 0) is 69.1 Å². The number of benzene rings is 1. The molecular weight excluding hydrogens is 424 g/mol. The summed E-state index contributed by atoms with van der Waals surface area (Å²) in [5, 5.41) is 22.2. The lowest BCUT2D eigenvalue weighted by molar-refractivity contribution is -0.138. The molecule has 0 bridgehead atoms. The van der Waals surface area contributed by atoms with Gasteiger partial charge in [0.25, 0.3) is 0 Å². The van der Waals surface area contributed by atoms with E-state index in [4.69, 9.17) is 9.52 Å². The Morgan fingerprint density at radius 1 is 1.09 bits per heavy atom. The van der Waals surface area contributed by atoms with E-state index in [1.165, 1.54) is 5.56 Å². The topological polar surface area (TPSA) is 143 Å². The van der Waals surface area contributed by atoms with Gasteiger partial charge in [0.05, 0.1) is 17.6 Å². The van der Waals surface area contributed by atoms with Crippen LogP contribution in [0.4, 0.5) is 17.5 Å². The first-order valence-corrected chi connectivity index (χ1v) is 10.9. The predicted molar refractivity (Wildman–Crippen MR) is 120 cm³/mol. The Bertz CT molecular complexity index is 1140. The van der Waals surface area contributed by atoms with Gasteiger partial charge in [-0.1, -0.05) is 17.2 Å². The highest BCUT2D eigenvalue weighted by atomic mass is 16.4. The molecule has 2 aromatic heterocycles. The van der Waals surface area contributed by atoms with Gasteiger partial charge in [0.1, 0.15) is 0 Å². The van der Waals surface area contributed by atoms with Crippen molar-refractivity contribution in [3.8, 4) is 0 Å². The highest BCUT2D eigenvalue weighted by Gasteiger charge is 2.24. The van der Waals surface area contributed by atoms with E-state index in [1.54, 1.807) is 13.1 Å². The molecule has 3 N–H and O–H groups in total. The summed E-state index contributed by atoms with van der Waals surface area (Å²) < 4.78 is 5.41. The van der Waals surface area contributed by atoms with E-state index in [1.807, 2.05) is 31.2 Å². The van der Waals surface area contributed by atoms with E-state index in [0.29, 0.717) is 23.1 Å². The zero-order valence-corrected chi connectivity index (χ0v) is 18.5. The molecule has 0 aliphatic heterocycles. The lowest BCUT2D eigenvalue weighted by atomic mass is 9.77. The molecule has 172 valence electrons. The second-order valence-electron chi connectivity index (χ2n) is 8.37. The van der Waals surface area contributed by atoms with Crippen molar-refractivity contribution in [2.45, 2.75) is 51.9 Å². The maximum absolute atomic E-state index is 12.5. The number of anilines is 3. The number of carboxylic acids is 1. The molecule has 1 aromatic carbocycles. The van der Waals surface area contributed by atoms with Crippen molar-refractivity contribution in [3.63, 3.8) is 0 Å². The zero-order chi connectivity index (χ0) is 23.4. The fraction of sp³-hybridized carbons (Fsp3) is 0.391. The third-order valence-corrected chi connectivity index (χ3v) is 5.86. The van der Waals surface area contributed by atoms with Crippen LogP contribution in [0.1, 0.15) is 65.7 Å². The van der Waals surface area contributed by atoms with Gasteiger partial charge in [-0.3, -0.25) is 19.9 Å². The minimum absolute atomic E-state index is 0.0512. The molecule has 1 aliphatic carbocycles. The maximum Gasteiger partial charge on any atom is 0.321 e. The van der Waals surface area contributed by atoms with E-state index in [2.05, 4.69) is 30.8 Å². The second-order valence-corrected chi connectivity index (χ2v) is 8.37. The summed E-state index contributed by atoms with van der Waals surface area (Å²) in [6, 6.07) is 7.74. The minimum atomic E-state index is -0.721. The molecule has 2 heterocycles. The average Bonchev–Trinajstić information content (AvgIpc) is 3.25. The van der Waals surface area contributed by atoms with Gasteiger partial charge < -0.3 is 14.8 Å². The fourth-order valence-corrected chi connectivity index (χ4v) is 4.16. The molecule has 33 heavy (non-hydrogen) atoms. The number of aryl methyl sites for hydroxylation is 2. The lowest BCUT2D eigenvalue weighted by Crippen LogP contribution is -2.16. The number of amides is 1. The number of hydrogen-bond acceptors (Lipinski definition) is 8. The summed E-state index contributed by atoms with van der Waals surface area (Å²) in [6.45, 7) is 3.65. The third-order valence-electron chi connectivity index (χ3n) is 5.86. The van der Waals surface area contributed by atoms with Crippen molar-refractivity contribution in [1.29, 1.82) is 0 Å². The Balaban J connectivity index is 1.32. The van der Waals surface area contributed by atoms with Gasteiger partial charge >= 0.3 is 23.8 Å². The minimum Gasteiger partial charge on any atom is -0.481 e. The molecule has 10 heteroatoms. The summed E-state index contributed by atoms with van der Waals surface area (Å²) >= 11 is 0. The number of carbonyl (C=O) groups is 2. The number of nitrogens with zero attached hydrogens (tertiary/aromatic N) is 4. The normalized spacial score (nSPS) is 18.0. The van der Waals surface area contributed by atoms with Gasteiger partial charge in [0.15, 0.2) is 5.82 Å². The molecule has 0 spiro atoms. The molecule has 1 fully saturated rings. The highest BCUT2D eigenvalue weighted by Crippen LogP contribution is 2.37. The first kappa shape index (κ1) is 22.4. The first-order chi connectivity index (χ1) is 15.9. The molecule has 0 saturated heterocycles. The summed E-state index contributed by atoms with van der Waals surface area (Å²) in [7, 11) is 0. The van der Waals surface area contributed by atoms with Crippen LogP contribution in [0.3, 0.4) is 0 Å². The molecule has 1 amide bonds. The van der Waals surface area contributed by atoms with Gasteiger partial charge in [0.2, 0.25) is 0 Å². The number of aromatic nitrogens is 4. The Hall–Kier alpha value is -3.82. The molecule has 3 aromatic rings. The monoisotopic (exact) mass is 450 g/mol. The van der Waals surface area contributed by atoms with E-state index < -0.39 is 11.9 Å². The van der Waals surface area contributed by atoms with Crippen LogP contribution in [0.2, 0.25) is 0 Å². The van der Waals surface area contributed by atoms with Crippen molar-refractivity contribution in [1.82, 2.24) is 20.2 Å². The molecule has 1 saturated carbocycles. The summed E-state index contributed by atoms with van der Waals surface area (Å²) in [5.41, 5.74) is 3.28. The van der Waals surface area contributed by atoms with Crippen LogP contribution in [-0.4, -0.2) is 37.1 Å². The molecule has 10 nitrogen and oxygen atoms in total. The molecule has 1 aliphatic rings. The Morgan fingerprint density at radius 3 is 2.48 bits per heavy atom. The number of hydrogen-bond donors (Lipinski definition) is 3. The molecular formula is C23H26N6O4. The number of carboxylic acid groups (broad SMARTS) is 1.